The molecule has 0 saturated heterocycles. The van der Waals surface area contributed by atoms with Gasteiger partial charge in [-0.15, -0.1) is 0 Å². The summed E-state index contributed by atoms with van der Waals surface area (Å²) in [5.41, 5.74) is 2.15. The Kier molecular flexibility index (Phi) is 3.28. The Morgan fingerprint density at radius 3 is 3.06 bits per heavy atom. The van der Waals surface area contributed by atoms with Crippen LogP contribution in [0.25, 0.3) is 5.65 Å². The van der Waals surface area contributed by atoms with E-state index in [-0.39, 0.29) is 12.4 Å². The van der Waals surface area contributed by atoms with E-state index in [0.29, 0.717) is 23.1 Å². The van der Waals surface area contributed by atoms with Crippen molar-refractivity contribution in [2.45, 2.75) is 20.3 Å². The minimum Gasteiger partial charge on any atom is -0.466 e. The van der Waals surface area contributed by atoms with Crippen molar-refractivity contribution in [3.05, 3.63) is 28.7 Å². The average Bonchev–Trinajstić information content (AvgIpc) is 2.60. The zero-order chi connectivity index (χ0) is 12.4. The molecule has 0 amide bonds. The molecule has 0 atom stereocenters. The summed E-state index contributed by atoms with van der Waals surface area (Å²) >= 11 is 5.90. The second-order valence-corrected chi connectivity index (χ2v) is 3.99. The van der Waals surface area contributed by atoms with Gasteiger partial charge in [0.1, 0.15) is 0 Å². The minimum absolute atomic E-state index is 0.147. The predicted molar refractivity (Wildman–Crippen MR) is 63.1 cm³/mol. The number of carbonyl (C=O) groups excluding carboxylic acids is 1. The first-order valence-corrected chi connectivity index (χ1v) is 5.65. The topological polar surface area (TPSA) is 56.5 Å². The lowest BCUT2D eigenvalue weighted by molar-refractivity contribution is -0.142. The number of rotatable bonds is 3. The summed E-state index contributed by atoms with van der Waals surface area (Å²) < 4.78 is 6.41. The molecule has 2 rings (SSSR count). The van der Waals surface area contributed by atoms with Gasteiger partial charge in [-0.25, -0.2) is 9.50 Å². The standard InChI is InChI=1S/C11H12ClN3O2/c1-3-17-10(16)5-8-6-15-9(13-8)4-7(2)11(12)14-15/h4,6H,3,5H2,1-2H3. The number of hydrogen-bond acceptors (Lipinski definition) is 4. The highest BCUT2D eigenvalue weighted by Gasteiger charge is 2.10. The molecule has 0 saturated carbocycles. The maximum atomic E-state index is 11.3. The molecular weight excluding hydrogens is 242 g/mol. The van der Waals surface area contributed by atoms with E-state index in [1.807, 2.05) is 13.0 Å². The number of carbonyl (C=O) groups is 1. The van der Waals surface area contributed by atoms with Crippen molar-refractivity contribution in [2.24, 2.45) is 0 Å². The second-order valence-electron chi connectivity index (χ2n) is 3.63. The van der Waals surface area contributed by atoms with Crippen LogP contribution in [0, 0.1) is 6.92 Å². The number of aromatic nitrogens is 3. The number of aryl methyl sites for hydroxylation is 1. The quantitative estimate of drug-likeness (QED) is 0.783. The summed E-state index contributed by atoms with van der Waals surface area (Å²) in [4.78, 5) is 15.6. The number of esters is 1. The lowest BCUT2D eigenvalue weighted by Gasteiger charge is -1.97. The Hall–Kier alpha value is -1.62. The molecule has 2 aromatic heterocycles. The molecule has 0 radical (unpaired) electrons. The van der Waals surface area contributed by atoms with E-state index in [0.717, 1.165) is 5.56 Å². The lowest BCUT2D eigenvalue weighted by Crippen LogP contribution is -2.07. The Morgan fingerprint density at radius 2 is 2.35 bits per heavy atom. The third-order valence-corrected chi connectivity index (χ3v) is 2.64. The Balaban J connectivity index is 2.29. The number of nitrogens with zero attached hydrogens (tertiary/aromatic N) is 3. The van der Waals surface area contributed by atoms with Crippen molar-refractivity contribution in [2.75, 3.05) is 6.61 Å². The molecule has 0 aromatic carbocycles. The highest BCUT2D eigenvalue weighted by atomic mass is 35.5. The number of hydrogen-bond donors (Lipinski definition) is 0. The van der Waals surface area contributed by atoms with Crippen LogP contribution >= 0.6 is 11.6 Å². The van der Waals surface area contributed by atoms with Crippen LogP contribution in [-0.2, 0) is 16.0 Å². The van der Waals surface area contributed by atoms with E-state index in [4.69, 9.17) is 16.3 Å². The fourth-order valence-electron chi connectivity index (χ4n) is 1.48. The summed E-state index contributed by atoms with van der Waals surface area (Å²) in [5, 5.41) is 4.54. The molecule has 0 spiro atoms. The van der Waals surface area contributed by atoms with Gasteiger partial charge in [0, 0.05) is 0 Å². The van der Waals surface area contributed by atoms with Crippen molar-refractivity contribution >= 4 is 23.2 Å². The van der Waals surface area contributed by atoms with Gasteiger partial charge < -0.3 is 4.74 Å². The lowest BCUT2D eigenvalue weighted by atomic mass is 10.3. The van der Waals surface area contributed by atoms with E-state index < -0.39 is 0 Å². The fourth-order valence-corrected chi connectivity index (χ4v) is 1.62. The van der Waals surface area contributed by atoms with Crippen LogP contribution in [0.15, 0.2) is 12.3 Å². The maximum absolute atomic E-state index is 11.3. The fraction of sp³-hybridized carbons (Fsp3) is 0.364. The highest BCUT2D eigenvalue weighted by molar-refractivity contribution is 6.30. The zero-order valence-electron chi connectivity index (χ0n) is 9.61. The van der Waals surface area contributed by atoms with E-state index in [9.17, 15) is 4.79 Å². The molecule has 90 valence electrons. The molecule has 0 aliphatic rings. The molecule has 0 aliphatic carbocycles. The number of fused-ring (bicyclic) bond motifs is 1. The molecule has 0 bridgehead atoms. The molecule has 6 heteroatoms. The van der Waals surface area contributed by atoms with Crippen LogP contribution in [0.3, 0.4) is 0 Å². The van der Waals surface area contributed by atoms with Crippen LogP contribution in [0.1, 0.15) is 18.2 Å². The van der Waals surface area contributed by atoms with E-state index in [2.05, 4.69) is 10.1 Å². The number of imidazole rings is 1. The molecule has 2 heterocycles. The van der Waals surface area contributed by atoms with Crippen LogP contribution in [0.4, 0.5) is 0 Å². The molecule has 17 heavy (non-hydrogen) atoms. The molecular formula is C11H12ClN3O2. The smallest absolute Gasteiger partial charge is 0.311 e. The second kappa shape index (κ2) is 4.71. The van der Waals surface area contributed by atoms with Crippen LogP contribution in [0.2, 0.25) is 5.15 Å². The molecule has 5 nitrogen and oxygen atoms in total. The number of halogens is 1. The van der Waals surface area contributed by atoms with Gasteiger partial charge in [-0.1, -0.05) is 11.6 Å². The predicted octanol–water partition coefficient (Wildman–Crippen LogP) is 1.80. The molecule has 0 fully saturated rings. The van der Waals surface area contributed by atoms with Crippen molar-refractivity contribution < 1.29 is 9.53 Å². The zero-order valence-corrected chi connectivity index (χ0v) is 10.4. The Bertz CT molecular complexity index is 526. The monoisotopic (exact) mass is 253 g/mol. The van der Waals surface area contributed by atoms with Crippen molar-refractivity contribution in [1.29, 1.82) is 0 Å². The van der Waals surface area contributed by atoms with Crippen molar-refractivity contribution in [3.63, 3.8) is 0 Å². The van der Waals surface area contributed by atoms with Crippen molar-refractivity contribution in [1.82, 2.24) is 14.6 Å². The third kappa shape index (κ3) is 2.55. The van der Waals surface area contributed by atoms with E-state index in [1.165, 1.54) is 0 Å². The van der Waals surface area contributed by atoms with Gasteiger partial charge in [-0.2, -0.15) is 5.10 Å². The van der Waals surface area contributed by atoms with Gasteiger partial charge in [-0.3, -0.25) is 4.79 Å². The van der Waals surface area contributed by atoms with Gasteiger partial charge in [0.15, 0.2) is 10.8 Å². The van der Waals surface area contributed by atoms with Gasteiger partial charge in [0.05, 0.1) is 24.9 Å². The minimum atomic E-state index is -0.293. The normalized spacial score (nSPS) is 10.8. The number of ether oxygens (including phenoxy) is 1. The van der Waals surface area contributed by atoms with Gasteiger partial charge >= 0.3 is 5.97 Å². The summed E-state index contributed by atoms with van der Waals surface area (Å²) in [6.07, 6.45) is 1.82. The Labute approximate surface area is 103 Å². The van der Waals surface area contributed by atoms with E-state index >= 15 is 0 Å². The molecule has 0 aliphatic heterocycles. The molecule has 0 N–H and O–H groups in total. The average molecular weight is 254 g/mol. The molecule has 2 aromatic rings. The summed E-state index contributed by atoms with van der Waals surface area (Å²) in [5.74, 6) is -0.293. The highest BCUT2D eigenvalue weighted by Crippen LogP contribution is 2.14. The summed E-state index contributed by atoms with van der Waals surface area (Å²) in [6, 6.07) is 1.82. The summed E-state index contributed by atoms with van der Waals surface area (Å²) in [6.45, 7) is 4.00. The maximum Gasteiger partial charge on any atom is 0.311 e. The van der Waals surface area contributed by atoms with Gasteiger partial charge in [-0.05, 0) is 25.5 Å². The van der Waals surface area contributed by atoms with Gasteiger partial charge in [0.2, 0.25) is 0 Å². The first-order chi connectivity index (χ1) is 8.10. The first-order valence-electron chi connectivity index (χ1n) is 5.27. The van der Waals surface area contributed by atoms with E-state index in [1.54, 1.807) is 17.6 Å². The van der Waals surface area contributed by atoms with Gasteiger partial charge in [0.25, 0.3) is 0 Å². The molecule has 0 unspecified atom stereocenters. The Morgan fingerprint density at radius 1 is 1.59 bits per heavy atom. The first kappa shape index (κ1) is 11.9. The SMILES string of the molecule is CCOC(=O)Cc1cn2nc(Cl)c(C)cc2n1. The largest absolute Gasteiger partial charge is 0.466 e. The van der Waals surface area contributed by atoms with Crippen LogP contribution in [0.5, 0.6) is 0 Å². The third-order valence-electron chi connectivity index (χ3n) is 2.26. The summed E-state index contributed by atoms with van der Waals surface area (Å²) in [7, 11) is 0. The van der Waals surface area contributed by atoms with Crippen LogP contribution < -0.4 is 0 Å². The van der Waals surface area contributed by atoms with Crippen molar-refractivity contribution in [3.8, 4) is 0 Å². The van der Waals surface area contributed by atoms with Crippen LogP contribution in [-0.4, -0.2) is 27.2 Å².